The number of azo groups is 2. The lowest BCUT2D eigenvalue weighted by Crippen LogP contribution is -2.37. The molecule has 12 N–H and O–H groups in total. The SMILES string of the molecule is CC(=O)Nc1cc(N=Nc2snc3c2cnn3-c2ccccc2)c2c(NS(=O)(=O)c3cccc(S(=O)(=O)Nc4ccc(N5CCOCC5)c(S(=O)(=O)Nc5cc(C)c(C)cc5O)c4)c3)cccc2c1O.CCC(=O)Nc1cc(N=Nc2snc3snc(C)c23)c2c(NS(=O)(=O)c3cccc(S(=O)(=O)Nc4cccc(S(=O)(=O)Nc5cc(C)c(C)cc5O)c4)c3)cccc2c1O. The Labute approximate surface area is 756 Å². The highest BCUT2D eigenvalue weighted by Crippen LogP contribution is 2.48. The van der Waals surface area contributed by atoms with Gasteiger partial charge in [-0.1, -0.05) is 67.6 Å². The summed E-state index contributed by atoms with van der Waals surface area (Å²) >= 11 is 3.33. The number of aromatic hydroxyl groups is 4. The number of sulfonamides is 6. The number of para-hydroxylation sites is 1. The number of phenols is 4. The highest BCUT2D eigenvalue weighted by Gasteiger charge is 2.31. The minimum absolute atomic E-state index is 0.0107. The molecule has 130 heavy (non-hydrogen) atoms. The standard InChI is InChI=1S/C46H42N10O10S4.C38H34N8O9S5/c1-27-21-37(41(58)22-28(27)2)54-70(64,65)42-23-30(15-16-40(42)55-17-19-66-20-18-55)52-68(60,61)32-11-7-12-33(24-32)69(62,63)53-36-14-8-13-34-43(36)38(25-39(44(34)59)48-29(3)57)49-50-46-35-26-47-56(45(35)51-67-46)31-9-5-4-6-10-31;1-5-33(48)39-31-19-30(40-41-37-34-22(4)42-57-38(34)43-56-37)35-27(36(31)49)13-8-14-28(35)45-60(54,55)26-12-7-11-25(18-26)58(50,51)44-23-9-6-10-24(17-23)59(52,53)46-29-15-20(2)21(3)16-32(29)47/h4-16,21-26,52-54,58-59H,17-20H2,1-3H3,(H,48,57);6-19,44-47,49H,5H2,1-4H3,(H,39,48). The molecule has 1 saturated heterocycles. The number of rotatable bonds is 27. The van der Waals surface area contributed by atoms with Gasteiger partial charge in [0, 0.05) is 48.0 Å². The number of carbonyl (C=O) groups excluding carboxylic acids is 2. The maximum absolute atomic E-state index is 14.2. The Balaban J connectivity index is 0.000000202. The quantitative estimate of drug-likeness (QED) is 0.0168. The van der Waals surface area contributed by atoms with Gasteiger partial charge in [0.2, 0.25) is 11.8 Å². The second kappa shape index (κ2) is 36.4. The molecule has 1 aliphatic rings. The van der Waals surface area contributed by atoms with Gasteiger partial charge >= 0.3 is 0 Å². The molecule has 0 atom stereocenters. The predicted octanol–water partition coefficient (Wildman–Crippen LogP) is 16.7. The van der Waals surface area contributed by atoms with Crippen LogP contribution in [0.5, 0.6) is 23.0 Å². The summed E-state index contributed by atoms with van der Waals surface area (Å²) in [6, 6.07) is 44.5. The first kappa shape index (κ1) is 90.9. The predicted molar refractivity (Wildman–Crippen MR) is 498 cm³/mol. The van der Waals surface area contributed by atoms with Gasteiger partial charge in [-0.2, -0.15) is 18.2 Å². The van der Waals surface area contributed by atoms with Crippen LogP contribution in [0.2, 0.25) is 0 Å². The van der Waals surface area contributed by atoms with Crippen molar-refractivity contribution in [2.45, 2.75) is 84.3 Å². The van der Waals surface area contributed by atoms with E-state index in [9.17, 15) is 80.5 Å². The third kappa shape index (κ3) is 19.3. The Morgan fingerprint density at radius 1 is 0.431 bits per heavy atom. The Hall–Kier alpha value is -13.8. The number of amides is 2. The molecule has 5 heterocycles. The summed E-state index contributed by atoms with van der Waals surface area (Å²) in [5.74, 6) is -2.25. The van der Waals surface area contributed by atoms with E-state index in [0.29, 0.717) is 68.8 Å². The maximum Gasteiger partial charge on any atom is 0.264 e. The summed E-state index contributed by atoms with van der Waals surface area (Å²) in [4.78, 5) is 24.5. The number of ether oxygens (including phenoxy) is 1. The molecule has 0 unspecified atom stereocenters. The van der Waals surface area contributed by atoms with E-state index in [1.54, 1.807) is 57.3 Å². The van der Waals surface area contributed by atoms with Gasteiger partial charge in [0.25, 0.3) is 60.1 Å². The molecular formula is C84H76N18O19S9. The van der Waals surface area contributed by atoms with Crippen LogP contribution < -0.4 is 43.9 Å². The van der Waals surface area contributed by atoms with Crippen LogP contribution in [-0.4, -0.2) is 132 Å². The van der Waals surface area contributed by atoms with E-state index in [0.717, 1.165) is 75.8 Å². The number of aryl methyl sites for hydroxylation is 5. The molecule has 1 aliphatic heterocycles. The van der Waals surface area contributed by atoms with E-state index < -0.39 is 91.5 Å². The molecule has 0 radical (unpaired) electrons. The van der Waals surface area contributed by atoms with Crippen molar-refractivity contribution >= 4 is 222 Å². The van der Waals surface area contributed by atoms with Crippen LogP contribution in [0.1, 0.15) is 48.2 Å². The number of nitrogens with zero attached hydrogens (tertiary/aromatic N) is 10. The molecule has 46 heteroatoms. The van der Waals surface area contributed by atoms with Crippen molar-refractivity contribution < 1.29 is 85.3 Å². The molecule has 0 spiro atoms. The van der Waals surface area contributed by atoms with Crippen LogP contribution >= 0.6 is 34.6 Å². The zero-order valence-electron chi connectivity index (χ0n) is 69.1. The number of hydrogen-bond donors (Lipinski definition) is 12. The van der Waals surface area contributed by atoms with Crippen molar-refractivity contribution in [1.82, 2.24) is 22.9 Å². The van der Waals surface area contributed by atoms with Gasteiger partial charge in [0.15, 0.2) is 20.5 Å². The van der Waals surface area contributed by atoms with E-state index in [-0.39, 0.29) is 123 Å². The number of aromatic nitrogens is 5. The second-order valence-corrected chi connectivity index (χ2v) is 41.7. The van der Waals surface area contributed by atoms with Crippen molar-refractivity contribution in [3.05, 3.63) is 228 Å². The second-order valence-electron chi connectivity index (χ2n) is 29.4. The molecule has 2 amide bonds. The van der Waals surface area contributed by atoms with Crippen molar-refractivity contribution in [1.29, 1.82) is 0 Å². The fourth-order valence-electron chi connectivity index (χ4n) is 13.7. The highest BCUT2D eigenvalue weighted by molar-refractivity contribution is 7.94. The maximum atomic E-state index is 14.2. The summed E-state index contributed by atoms with van der Waals surface area (Å²) in [5, 5.41) is 73.4. The lowest BCUT2D eigenvalue weighted by molar-refractivity contribution is -0.116. The minimum atomic E-state index is -4.62. The molecule has 11 aromatic carbocycles. The van der Waals surface area contributed by atoms with E-state index in [1.807, 2.05) is 30.3 Å². The third-order valence-electron chi connectivity index (χ3n) is 20.4. The molecular weight excluding hydrogens is 1850 g/mol. The fourth-order valence-corrected chi connectivity index (χ4v) is 23.0. The minimum Gasteiger partial charge on any atom is -0.506 e. The summed E-state index contributed by atoms with van der Waals surface area (Å²) in [5.41, 5.74) is 4.69. The van der Waals surface area contributed by atoms with E-state index in [4.69, 9.17) is 4.74 Å². The number of carbonyl (C=O) groups is 2. The molecule has 670 valence electrons. The molecule has 1 fully saturated rings. The number of nitrogens with one attached hydrogen (secondary N) is 8. The smallest absolute Gasteiger partial charge is 0.264 e. The summed E-state index contributed by atoms with van der Waals surface area (Å²) < 4.78 is 201. The first-order valence-corrected chi connectivity index (χ1v) is 50.1. The Morgan fingerprint density at radius 3 is 1.42 bits per heavy atom. The van der Waals surface area contributed by atoms with Crippen LogP contribution in [0, 0.1) is 34.6 Å². The van der Waals surface area contributed by atoms with Crippen LogP contribution in [0.3, 0.4) is 0 Å². The molecule has 0 saturated carbocycles. The van der Waals surface area contributed by atoms with Gasteiger partial charge < -0.3 is 40.7 Å². The zero-order chi connectivity index (χ0) is 92.7. The number of hydrogen-bond acceptors (Lipinski definition) is 31. The van der Waals surface area contributed by atoms with Crippen molar-refractivity contribution in [2.24, 2.45) is 20.5 Å². The largest absolute Gasteiger partial charge is 0.506 e. The van der Waals surface area contributed by atoms with Crippen LogP contribution in [-0.2, 0) is 74.5 Å². The number of fused-ring (bicyclic) bond motifs is 4. The Kier molecular flexibility index (Phi) is 25.4. The summed E-state index contributed by atoms with van der Waals surface area (Å²) in [6.45, 7) is 13.0. The summed E-state index contributed by atoms with van der Waals surface area (Å²) in [6.07, 6.45) is 1.69. The third-order valence-corrected chi connectivity index (χ3v) is 31.1. The average molecular weight is 1930 g/mol. The fraction of sp³-hybridized carbons (Fsp3) is 0.143. The zero-order valence-corrected chi connectivity index (χ0v) is 76.5. The van der Waals surface area contributed by atoms with Gasteiger partial charge in [-0.05, 0) is 225 Å². The van der Waals surface area contributed by atoms with Crippen LogP contribution in [0.4, 0.5) is 72.6 Å². The molecule has 15 aromatic rings. The molecule has 0 bridgehead atoms. The monoisotopic (exact) mass is 1930 g/mol. The van der Waals surface area contributed by atoms with Gasteiger partial charge in [0.1, 0.15) is 27.9 Å². The van der Waals surface area contributed by atoms with E-state index in [2.05, 4.69) is 77.6 Å². The molecule has 4 aromatic heterocycles. The summed E-state index contributed by atoms with van der Waals surface area (Å²) in [7, 11) is -27.1. The van der Waals surface area contributed by atoms with Crippen molar-refractivity contribution in [3.8, 4) is 28.7 Å². The first-order chi connectivity index (χ1) is 61.7. The molecule has 0 aliphatic carbocycles. The number of phenolic OH excluding ortho intramolecular Hbond substituents is 4. The Morgan fingerprint density at radius 2 is 0.892 bits per heavy atom. The van der Waals surface area contributed by atoms with E-state index in [1.165, 1.54) is 152 Å². The molecule has 37 nitrogen and oxygen atoms in total. The number of benzene rings is 11. The van der Waals surface area contributed by atoms with Crippen molar-refractivity contribution in [2.75, 3.05) is 70.2 Å². The van der Waals surface area contributed by atoms with Crippen LogP contribution in [0.25, 0.3) is 48.5 Å². The van der Waals surface area contributed by atoms with Crippen LogP contribution in [0.15, 0.2) is 250 Å². The van der Waals surface area contributed by atoms with Crippen molar-refractivity contribution in [3.63, 3.8) is 0 Å². The van der Waals surface area contributed by atoms with Gasteiger partial charge in [-0.15, -0.1) is 20.5 Å². The number of anilines is 9. The average Bonchev–Trinajstić information content (AvgIpc) is 0.809. The Bertz CT molecular complexity index is 7910. The van der Waals surface area contributed by atoms with Gasteiger partial charge in [0.05, 0.1) is 129 Å². The lowest BCUT2D eigenvalue weighted by Gasteiger charge is -2.30. The first-order valence-electron chi connectivity index (χ1n) is 38.9. The highest BCUT2D eigenvalue weighted by atomic mass is 32.2. The van der Waals surface area contributed by atoms with Gasteiger partial charge in [-0.3, -0.25) is 37.9 Å². The topological polar surface area (TPSA) is 535 Å². The normalized spacial score (nSPS) is 12.9. The molecule has 16 rings (SSSR count). The van der Waals surface area contributed by atoms with E-state index >= 15 is 0 Å². The number of morpholine rings is 1. The lowest BCUT2D eigenvalue weighted by atomic mass is 10.0. The van der Waals surface area contributed by atoms with Gasteiger partial charge in [-0.25, -0.2) is 55.2 Å².